The number of carbonyl (C=O) groups excluding carboxylic acids is 1. The lowest BCUT2D eigenvalue weighted by atomic mass is 10.0. The first-order chi connectivity index (χ1) is 28.5. The van der Waals surface area contributed by atoms with Gasteiger partial charge in [-0.05, 0) is 12.8 Å². The number of phosphoric acid groups is 1. The number of aliphatic hydroxyl groups excluding tert-OH is 1. The third-order valence-electron chi connectivity index (χ3n) is 12.1. The number of phosphoric ester groups is 1. The quantitative estimate of drug-likeness (QED) is 0.0358. The number of quaternary nitrogens is 1. The average molecular weight is 859 g/mol. The summed E-state index contributed by atoms with van der Waals surface area (Å²) >= 11 is 0. The van der Waals surface area contributed by atoms with Crippen molar-refractivity contribution in [3.8, 4) is 0 Å². The Kier molecular flexibility index (Phi) is 42.4. The molecule has 0 saturated carbocycles. The van der Waals surface area contributed by atoms with Crippen LogP contribution in [0.25, 0.3) is 0 Å². The second-order valence-corrected chi connectivity index (χ2v) is 20.7. The van der Waals surface area contributed by atoms with Crippen molar-refractivity contribution in [3.63, 3.8) is 0 Å². The maximum atomic E-state index is 12.9. The minimum atomic E-state index is -4.55. The summed E-state index contributed by atoms with van der Waals surface area (Å²) in [5.74, 6) is -0.161. The molecule has 0 spiro atoms. The lowest BCUT2D eigenvalue weighted by Gasteiger charge is -2.30. The van der Waals surface area contributed by atoms with Gasteiger partial charge >= 0.3 is 0 Å². The van der Waals surface area contributed by atoms with E-state index in [0.29, 0.717) is 23.9 Å². The molecule has 0 aromatic rings. The number of nitrogens with one attached hydrogen (secondary N) is 1. The van der Waals surface area contributed by atoms with Crippen LogP contribution < -0.4 is 10.2 Å². The third-order valence-corrected chi connectivity index (χ3v) is 13.1. The topological polar surface area (TPSA) is 108 Å². The van der Waals surface area contributed by atoms with Gasteiger partial charge in [0.2, 0.25) is 5.91 Å². The SMILES string of the molecule is CCCCCCCCCCCCCCCCCCCCCCCCCCCCCCC(=O)N[C@@H](COP(=O)([O-])OCC[N+](C)(C)C)[C@H](O)CCCCCCCCCCC. The smallest absolute Gasteiger partial charge is 0.268 e. The molecule has 0 fully saturated rings. The molecule has 0 rings (SSSR count). The molecule has 3 atom stereocenters. The fourth-order valence-corrected chi connectivity index (χ4v) is 8.71. The number of rotatable bonds is 48. The molecule has 0 heterocycles. The number of unbranched alkanes of at least 4 members (excludes halogenated alkanes) is 35. The van der Waals surface area contributed by atoms with Crippen LogP contribution in [0.15, 0.2) is 0 Å². The Morgan fingerprint density at radius 3 is 1.15 bits per heavy atom. The van der Waals surface area contributed by atoms with Gasteiger partial charge in [-0.25, -0.2) is 0 Å². The summed E-state index contributed by atoms with van der Waals surface area (Å²) in [7, 11) is 1.32. The van der Waals surface area contributed by atoms with Crippen molar-refractivity contribution >= 4 is 13.7 Å². The number of aliphatic hydroxyl groups is 1. The zero-order chi connectivity index (χ0) is 43.6. The van der Waals surface area contributed by atoms with Gasteiger partial charge in [0.25, 0.3) is 7.82 Å². The Bertz CT molecular complexity index is 932. The summed E-state index contributed by atoms with van der Waals surface area (Å²) in [6, 6.07) is -0.792. The molecule has 0 aliphatic heterocycles. The van der Waals surface area contributed by atoms with Gasteiger partial charge in [0, 0.05) is 6.42 Å². The first-order valence-electron chi connectivity index (χ1n) is 25.9. The van der Waals surface area contributed by atoms with Gasteiger partial charge < -0.3 is 28.8 Å². The van der Waals surface area contributed by atoms with E-state index in [0.717, 1.165) is 38.5 Å². The highest BCUT2D eigenvalue weighted by atomic mass is 31.2. The van der Waals surface area contributed by atoms with E-state index in [1.165, 1.54) is 199 Å². The minimum Gasteiger partial charge on any atom is -0.756 e. The highest BCUT2D eigenvalue weighted by Crippen LogP contribution is 2.38. The summed E-state index contributed by atoms with van der Waals surface area (Å²) in [5.41, 5.74) is 0. The number of hydrogen-bond acceptors (Lipinski definition) is 6. The highest BCUT2D eigenvalue weighted by Gasteiger charge is 2.24. The molecule has 354 valence electrons. The zero-order valence-corrected chi connectivity index (χ0v) is 41.1. The molecule has 0 aromatic carbocycles. The molecule has 0 saturated heterocycles. The molecule has 8 nitrogen and oxygen atoms in total. The van der Waals surface area contributed by atoms with E-state index in [1.807, 2.05) is 21.1 Å². The monoisotopic (exact) mass is 859 g/mol. The van der Waals surface area contributed by atoms with Crippen LogP contribution in [0, 0.1) is 0 Å². The molecule has 1 unspecified atom stereocenters. The van der Waals surface area contributed by atoms with E-state index < -0.39 is 20.0 Å². The van der Waals surface area contributed by atoms with E-state index in [1.54, 1.807) is 0 Å². The summed E-state index contributed by atoms with van der Waals surface area (Å²) in [4.78, 5) is 25.3. The summed E-state index contributed by atoms with van der Waals surface area (Å²) in [6.07, 6.45) is 48.6. The van der Waals surface area contributed by atoms with E-state index in [9.17, 15) is 19.4 Å². The highest BCUT2D eigenvalue weighted by molar-refractivity contribution is 7.45. The van der Waals surface area contributed by atoms with Gasteiger partial charge in [-0.15, -0.1) is 0 Å². The van der Waals surface area contributed by atoms with Crippen molar-refractivity contribution in [2.24, 2.45) is 0 Å². The summed E-state index contributed by atoms with van der Waals surface area (Å²) < 4.78 is 23.2. The largest absolute Gasteiger partial charge is 0.756 e. The molecule has 1 amide bonds. The van der Waals surface area contributed by atoms with Crippen LogP contribution in [0.3, 0.4) is 0 Å². The third kappa shape index (κ3) is 45.3. The molecule has 0 aliphatic carbocycles. The lowest BCUT2D eigenvalue weighted by molar-refractivity contribution is -0.870. The average Bonchev–Trinajstić information content (AvgIpc) is 3.19. The first kappa shape index (κ1) is 58.5. The number of nitrogens with zero attached hydrogens (tertiary/aromatic N) is 1. The number of amides is 1. The fourth-order valence-electron chi connectivity index (χ4n) is 7.98. The van der Waals surface area contributed by atoms with Crippen molar-refractivity contribution in [3.05, 3.63) is 0 Å². The Morgan fingerprint density at radius 2 is 0.831 bits per heavy atom. The minimum absolute atomic E-state index is 0.0158. The van der Waals surface area contributed by atoms with Crippen LogP contribution in [0.5, 0.6) is 0 Å². The molecule has 59 heavy (non-hydrogen) atoms. The molecule has 9 heteroatoms. The van der Waals surface area contributed by atoms with Crippen molar-refractivity contribution in [2.75, 3.05) is 40.9 Å². The summed E-state index contributed by atoms with van der Waals surface area (Å²) in [6.45, 7) is 4.73. The van der Waals surface area contributed by atoms with E-state index >= 15 is 0 Å². The van der Waals surface area contributed by atoms with Crippen LogP contribution in [-0.4, -0.2) is 68.5 Å². The maximum absolute atomic E-state index is 12.9. The predicted molar refractivity (Wildman–Crippen MR) is 252 cm³/mol. The Morgan fingerprint density at radius 1 is 0.525 bits per heavy atom. The molecule has 0 bridgehead atoms. The number of carbonyl (C=O) groups is 1. The van der Waals surface area contributed by atoms with E-state index in [2.05, 4.69) is 19.2 Å². The van der Waals surface area contributed by atoms with Crippen LogP contribution in [-0.2, 0) is 18.4 Å². The van der Waals surface area contributed by atoms with Gasteiger partial charge in [0.1, 0.15) is 13.2 Å². The van der Waals surface area contributed by atoms with E-state index in [4.69, 9.17) is 9.05 Å². The molecule has 0 radical (unpaired) electrons. The van der Waals surface area contributed by atoms with Gasteiger partial charge in [0.15, 0.2) is 0 Å². The molecule has 0 aromatic heterocycles. The van der Waals surface area contributed by atoms with Gasteiger partial charge in [-0.1, -0.05) is 245 Å². The predicted octanol–water partition coefficient (Wildman–Crippen LogP) is 14.3. The van der Waals surface area contributed by atoms with Crippen molar-refractivity contribution in [1.29, 1.82) is 0 Å². The normalized spacial score (nSPS) is 14.1. The van der Waals surface area contributed by atoms with Gasteiger partial charge in [-0.2, -0.15) is 0 Å². The zero-order valence-electron chi connectivity index (χ0n) is 40.2. The maximum Gasteiger partial charge on any atom is 0.268 e. The van der Waals surface area contributed by atoms with Crippen LogP contribution in [0.2, 0.25) is 0 Å². The van der Waals surface area contributed by atoms with E-state index in [-0.39, 0.29) is 19.1 Å². The van der Waals surface area contributed by atoms with Crippen LogP contribution >= 0.6 is 7.82 Å². The van der Waals surface area contributed by atoms with Crippen LogP contribution in [0.4, 0.5) is 0 Å². The summed E-state index contributed by atoms with van der Waals surface area (Å²) in [5, 5.41) is 13.9. The Balaban J connectivity index is 3.95. The van der Waals surface area contributed by atoms with Crippen molar-refractivity contribution < 1.29 is 32.9 Å². The molecular formula is C50H103N2O6P. The van der Waals surface area contributed by atoms with Gasteiger partial charge in [-0.3, -0.25) is 9.36 Å². The first-order valence-corrected chi connectivity index (χ1v) is 27.3. The second-order valence-electron chi connectivity index (χ2n) is 19.2. The van der Waals surface area contributed by atoms with Crippen LogP contribution in [0.1, 0.15) is 264 Å². The molecular weight excluding hydrogens is 756 g/mol. The number of likely N-dealkylation sites (N-methyl/N-ethyl adjacent to an activating group) is 1. The molecule has 0 aliphatic rings. The Labute approximate surface area is 368 Å². The number of hydrogen-bond donors (Lipinski definition) is 2. The van der Waals surface area contributed by atoms with Crippen molar-refractivity contribution in [2.45, 2.75) is 276 Å². The second kappa shape index (κ2) is 42.8. The standard InChI is InChI=1S/C50H103N2O6P/c1-6-8-10-12-14-16-17-18-19-20-21-22-23-24-25-26-27-28-29-30-31-32-33-34-36-38-40-42-44-50(54)51-48(47-58-59(55,56)57-46-45-52(3,4)5)49(53)43-41-39-37-35-15-13-11-9-7-2/h48-49,53H,6-47H2,1-5H3,(H-,51,54,55,56)/t48-,49+/m0/s1. The molecule has 2 N–H and O–H groups in total. The Hall–Kier alpha value is -0.500. The lowest BCUT2D eigenvalue weighted by Crippen LogP contribution is -2.46. The van der Waals surface area contributed by atoms with Crippen molar-refractivity contribution in [1.82, 2.24) is 5.32 Å². The van der Waals surface area contributed by atoms with Gasteiger partial charge in [0.05, 0.1) is 39.9 Å². The fraction of sp³-hybridized carbons (Fsp3) is 0.980.